The molecule has 0 saturated heterocycles. The van der Waals surface area contributed by atoms with Crippen LogP contribution in [0.25, 0.3) is 10.9 Å². The van der Waals surface area contributed by atoms with Gasteiger partial charge in [0.25, 0.3) is 0 Å². The lowest BCUT2D eigenvalue weighted by Crippen LogP contribution is -2.27. The van der Waals surface area contributed by atoms with Crippen molar-refractivity contribution in [3.8, 4) is 5.75 Å². The molecule has 7 nitrogen and oxygen atoms in total. The first-order valence-corrected chi connectivity index (χ1v) is 9.15. The highest BCUT2D eigenvalue weighted by molar-refractivity contribution is 5.92. The van der Waals surface area contributed by atoms with Crippen molar-refractivity contribution in [2.45, 2.75) is 20.0 Å². The molecule has 0 spiro atoms. The average molecular weight is 379 g/mol. The van der Waals surface area contributed by atoms with Gasteiger partial charge in [-0.3, -0.25) is 4.79 Å². The molecule has 0 aliphatic carbocycles. The van der Waals surface area contributed by atoms with Gasteiger partial charge in [0.05, 0.1) is 12.6 Å². The first kappa shape index (κ1) is 19.6. The average Bonchev–Trinajstić information content (AvgIpc) is 2.63. The van der Waals surface area contributed by atoms with E-state index in [0.717, 1.165) is 28.0 Å². The third kappa shape index (κ3) is 5.17. The molecule has 2 N–H and O–H groups in total. The first-order valence-electron chi connectivity index (χ1n) is 9.15. The van der Waals surface area contributed by atoms with Gasteiger partial charge >= 0.3 is 0 Å². The zero-order chi connectivity index (χ0) is 20.1. The molecule has 1 aromatic heterocycles. The van der Waals surface area contributed by atoms with Crippen molar-refractivity contribution in [2.24, 2.45) is 0 Å². The fourth-order valence-corrected chi connectivity index (χ4v) is 2.69. The fraction of sp³-hybridized carbons (Fsp3) is 0.286. The van der Waals surface area contributed by atoms with E-state index in [1.54, 1.807) is 6.20 Å². The normalized spacial score (nSPS) is 11.1. The quantitative estimate of drug-likeness (QED) is 0.652. The summed E-state index contributed by atoms with van der Waals surface area (Å²) in [4.78, 5) is 22.6. The number of amides is 1. The number of aromatic nitrogens is 2. The topological polar surface area (TPSA) is 79.4 Å². The van der Waals surface area contributed by atoms with E-state index in [4.69, 9.17) is 4.74 Å². The van der Waals surface area contributed by atoms with Crippen molar-refractivity contribution >= 4 is 34.1 Å². The molecule has 0 aliphatic heterocycles. The van der Waals surface area contributed by atoms with Crippen molar-refractivity contribution in [1.82, 2.24) is 14.9 Å². The molecule has 1 heterocycles. The van der Waals surface area contributed by atoms with E-state index in [9.17, 15) is 4.79 Å². The second-order valence-corrected chi connectivity index (χ2v) is 7.04. The van der Waals surface area contributed by atoms with Crippen molar-refractivity contribution < 1.29 is 9.53 Å². The van der Waals surface area contributed by atoms with Gasteiger partial charge in [0, 0.05) is 23.0 Å². The van der Waals surface area contributed by atoms with E-state index < -0.39 is 0 Å². The maximum Gasteiger partial charge on any atom is 0.238 e. The highest BCUT2D eigenvalue weighted by Gasteiger charge is 2.08. The summed E-state index contributed by atoms with van der Waals surface area (Å²) < 4.78 is 5.85. The van der Waals surface area contributed by atoms with Crippen LogP contribution in [0.4, 0.5) is 17.3 Å². The fourth-order valence-electron chi connectivity index (χ4n) is 2.69. The van der Waals surface area contributed by atoms with Crippen molar-refractivity contribution in [1.29, 1.82) is 0 Å². The lowest BCUT2D eigenvalue weighted by atomic mass is 10.2. The molecular weight excluding hydrogens is 354 g/mol. The molecule has 0 saturated carbocycles. The maximum atomic E-state index is 11.8. The van der Waals surface area contributed by atoms with E-state index in [1.807, 2.05) is 75.3 Å². The highest BCUT2D eigenvalue weighted by Crippen LogP contribution is 2.26. The summed E-state index contributed by atoms with van der Waals surface area (Å²) in [6, 6.07) is 13.2. The lowest BCUT2D eigenvalue weighted by Gasteiger charge is -2.13. The molecule has 0 radical (unpaired) electrons. The number of benzene rings is 2. The minimum Gasteiger partial charge on any atom is -0.489 e. The molecule has 0 atom stereocenters. The van der Waals surface area contributed by atoms with Gasteiger partial charge in [0.2, 0.25) is 11.9 Å². The van der Waals surface area contributed by atoms with Crippen LogP contribution in [0.2, 0.25) is 0 Å². The van der Waals surface area contributed by atoms with Gasteiger partial charge < -0.3 is 20.3 Å². The Kier molecular flexibility index (Phi) is 6.06. The van der Waals surface area contributed by atoms with Gasteiger partial charge in [0.1, 0.15) is 11.3 Å². The minimum atomic E-state index is -0.0544. The number of nitrogens with zero attached hydrogens (tertiary/aromatic N) is 3. The summed E-state index contributed by atoms with van der Waals surface area (Å²) in [7, 11) is 3.71. The van der Waals surface area contributed by atoms with E-state index >= 15 is 0 Å². The van der Waals surface area contributed by atoms with Crippen molar-refractivity contribution in [3.63, 3.8) is 0 Å². The first-order chi connectivity index (χ1) is 13.4. The van der Waals surface area contributed by atoms with E-state index in [-0.39, 0.29) is 12.0 Å². The summed E-state index contributed by atoms with van der Waals surface area (Å²) in [5.74, 6) is 1.16. The van der Waals surface area contributed by atoms with Crippen LogP contribution in [0.5, 0.6) is 5.75 Å². The Balaban J connectivity index is 1.74. The second-order valence-electron chi connectivity index (χ2n) is 7.04. The lowest BCUT2D eigenvalue weighted by molar-refractivity contribution is -0.116. The molecule has 0 aliphatic rings. The smallest absolute Gasteiger partial charge is 0.238 e. The number of para-hydroxylation sites is 1. The Morgan fingerprint density at radius 3 is 2.50 bits per heavy atom. The molecule has 7 heteroatoms. The third-order valence-corrected chi connectivity index (χ3v) is 3.82. The van der Waals surface area contributed by atoms with Crippen LogP contribution in [0.15, 0.2) is 48.7 Å². The Bertz CT molecular complexity index is 955. The van der Waals surface area contributed by atoms with Crippen LogP contribution in [-0.4, -0.2) is 47.5 Å². The monoisotopic (exact) mass is 379 g/mol. The molecule has 0 bridgehead atoms. The Morgan fingerprint density at radius 2 is 1.82 bits per heavy atom. The Morgan fingerprint density at radius 1 is 1.11 bits per heavy atom. The molecule has 1 amide bonds. The van der Waals surface area contributed by atoms with Gasteiger partial charge in [-0.05, 0) is 58.3 Å². The minimum absolute atomic E-state index is 0.0544. The summed E-state index contributed by atoms with van der Waals surface area (Å²) in [5.41, 5.74) is 2.33. The summed E-state index contributed by atoms with van der Waals surface area (Å²) >= 11 is 0. The number of anilines is 3. The summed E-state index contributed by atoms with van der Waals surface area (Å²) in [6.07, 6.45) is 1.83. The number of ether oxygens (including phenoxy) is 1. The van der Waals surface area contributed by atoms with Crippen LogP contribution < -0.4 is 15.4 Å². The van der Waals surface area contributed by atoms with Gasteiger partial charge in [-0.15, -0.1) is 0 Å². The maximum absolute atomic E-state index is 11.8. The second kappa shape index (κ2) is 8.67. The van der Waals surface area contributed by atoms with Gasteiger partial charge in [0.15, 0.2) is 0 Å². The zero-order valence-corrected chi connectivity index (χ0v) is 16.6. The van der Waals surface area contributed by atoms with E-state index in [1.165, 1.54) is 0 Å². The van der Waals surface area contributed by atoms with Gasteiger partial charge in [-0.25, -0.2) is 9.97 Å². The zero-order valence-electron chi connectivity index (χ0n) is 16.6. The molecule has 3 rings (SSSR count). The molecule has 0 fully saturated rings. The molecule has 146 valence electrons. The number of carbonyl (C=O) groups excluding carboxylic acids is 1. The number of nitrogens with one attached hydrogen (secondary N) is 2. The van der Waals surface area contributed by atoms with Gasteiger partial charge in [-0.2, -0.15) is 0 Å². The predicted molar refractivity (Wildman–Crippen MR) is 112 cm³/mol. The number of fused-ring (bicyclic) bond motifs is 1. The van der Waals surface area contributed by atoms with Crippen molar-refractivity contribution in [3.05, 3.63) is 48.7 Å². The van der Waals surface area contributed by atoms with Crippen LogP contribution in [0, 0.1) is 0 Å². The number of hydrogen-bond donors (Lipinski definition) is 2. The molecule has 2 aromatic carbocycles. The predicted octanol–water partition coefficient (Wildman–Crippen LogP) is 3.66. The Labute approximate surface area is 164 Å². The largest absolute Gasteiger partial charge is 0.489 e. The van der Waals surface area contributed by atoms with Crippen LogP contribution in [0.1, 0.15) is 13.8 Å². The summed E-state index contributed by atoms with van der Waals surface area (Å²) in [5, 5.41) is 6.97. The molecular formula is C21H25N5O2. The van der Waals surface area contributed by atoms with E-state index in [2.05, 4.69) is 20.6 Å². The number of likely N-dealkylation sites (N-methyl/N-ethyl adjacent to an activating group) is 1. The molecule has 28 heavy (non-hydrogen) atoms. The van der Waals surface area contributed by atoms with E-state index in [0.29, 0.717) is 12.5 Å². The third-order valence-electron chi connectivity index (χ3n) is 3.82. The number of carbonyl (C=O) groups is 1. The molecule has 3 aromatic rings. The SMILES string of the molecule is CC(C)Oc1cccc2cnc(Nc3ccc(NC(=O)CN(C)C)cc3)nc12. The number of hydrogen-bond acceptors (Lipinski definition) is 6. The highest BCUT2D eigenvalue weighted by atomic mass is 16.5. The summed E-state index contributed by atoms with van der Waals surface area (Å²) in [6.45, 7) is 4.31. The van der Waals surface area contributed by atoms with Crippen LogP contribution in [-0.2, 0) is 4.79 Å². The van der Waals surface area contributed by atoms with Crippen molar-refractivity contribution in [2.75, 3.05) is 31.3 Å². The molecule has 0 unspecified atom stereocenters. The van der Waals surface area contributed by atoms with Crippen LogP contribution >= 0.6 is 0 Å². The van der Waals surface area contributed by atoms with Crippen LogP contribution in [0.3, 0.4) is 0 Å². The number of rotatable bonds is 7. The van der Waals surface area contributed by atoms with Gasteiger partial charge in [-0.1, -0.05) is 12.1 Å². The standard InChI is InChI=1S/C21H25N5O2/c1-14(2)28-18-7-5-6-15-12-22-21(25-20(15)18)24-17-10-8-16(9-11-17)23-19(27)13-26(3)4/h5-12,14H,13H2,1-4H3,(H,23,27)(H,22,24,25). The Hall–Kier alpha value is -3.19.